The molecule has 1 aliphatic carbocycles. The van der Waals surface area contributed by atoms with Crippen molar-refractivity contribution < 1.29 is 0 Å². The van der Waals surface area contributed by atoms with Crippen LogP contribution in [-0.4, -0.2) is 30.7 Å². The first kappa shape index (κ1) is 8.52. The largest absolute Gasteiger partial charge is 0.303 e. The summed E-state index contributed by atoms with van der Waals surface area (Å²) in [5.41, 5.74) is 0.604. The normalized spacial score (nSPS) is 36.0. The Morgan fingerprint density at radius 1 is 1.42 bits per heavy atom. The third kappa shape index (κ3) is 1.64. The lowest BCUT2D eigenvalue weighted by molar-refractivity contribution is 0.226. The van der Waals surface area contributed by atoms with Crippen LogP contribution < -0.4 is 5.32 Å². The SMILES string of the molecule is CC1(C)CCC(N2CCNC2)C1. The molecule has 0 aromatic rings. The molecule has 1 unspecified atom stereocenters. The predicted molar refractivity (Wildman–Crippen MR) is 51.0 cm³/mol. The highest BCUT2D eigenvalue weighted by Gasteiger charge is 2.34. The van der Waals surface area contributed by atoms with Crippen LogP contribution in [0.15, 0.2) is 0 Å². The third-order valence-electron chi connectivity index (χ3n) is 3.35. The average Bonchev–Trinajstić information content (AvgIpc) is 2.55. The van der Waals surface area contributed by atoms with E-state index in [1.165, 1.54) is 32.4 Å². The highest BCUT2D eigenvalue weighted by molar-refractivity contribution is 4.89. The summed E-state index contributed by atoms with van der Waals surface area (Å²) in [6, 6.07) is 0.870. The molecule has 1 aliphatic heterocycles. The molecule has 2 fully saturated rings. The minimum absolute atomic E-state index is 0.604. The molecule has 70 valence electrons. The lowest BCUT2D eigenvalue weighted by Crippen LogP contribution is -2.32. The van der Waals surface area contributed by atoms with Crippen molar-refractivity contribution in [2.24, 2.45) is 5.41 Å². The molecule has 1 atom stereocenters. The van der Waals surface area contributed by atoms with Crippen molar-refractivity contribution in [1.29, 1.82) is 0 Å². The second kappa shape index (κ2) is 3.00. The van der Waals surface area contributed by atoms with Gasteiger partial charge in [-0.2, -0.15) is 0 Å². The molecule has 1 N–H and O–H groups in total. The fraction of sp³-hybridized carbons (Fsp3) is 1.00. The number of hydrogen-bond donors (Lipinski definition) is 1. The summed E-state index contributed by atoms with van der Waals surface area (Å²) < 4.78 is 0. The molecule has 0 aromatic carbocycles. The quantitative estimate of drug-likeness (QED) is 0.637. The molecule has 1 heterocycles. The predicted octanol–water partition coefficient (Wildman–Crippen LogP) is 1.43. The first-order chi connectivity index (χ1) is 5.67. The van der Waals surface area contributed by atoms with Crippen LogP contribution in [0.4, 0.5) is 0 Å². The molecular weight excluding hydrogens is 148 g/mol. The lowest BCUT2D eigenvalue weighted by atomic mass is 9.92. The molecule has 1 saturated heterocycles. The molecule has 2 aliphatic rings. The summed E-state index contributed by atoms with van der Waals surface area (Å²) in [7, 11) is 0. The van der Waals surface area contributed by atoms with Gasteiger partial charge in [-0.05, 0) is 24.7 Å². The van der Waals surface area contributed by atoms with Crippen molar-refractivity contribution in [2.45, 2.75) is 39.2 Å². The minimum atomic E-state index is 0.604. The van der Waals surface area contributed by atoms with Crippen LogP contribution in [0, 0.1) is 5.41 Å². The van der Waals surface area contributed by atoms with Gasteiger partial charge < -0.3 is 5.32 Å². The third-order valence-corrected chi connectivity index (χ3v) is 3.35. The Hall–Kier alpha value is -0.0800. The molecule has 0 radical (unpaired) electrons. The molecule has 12 heavy (non-hydrogen) atoms. The summed E-state index contributed by atoms with van der Waals surface area (Å²) >= 11 is 0. The Kier molecular flexibility index (Phi) is 2.13. The summed E-state index contributed by atoms with van der Waals surface area (Å²) in [6.45, 7) is 8.38. The molecule has 2 nitrogen and oxygen atoms in total. The van der Waals surface area contributed by atoms with Crippen molar-refractivity contribution >= 4 is 0 Å². The van der Waals surface area contributed by atoms with Gasteiger partial charge in [0.25, 0.3) is 0 Å². The number of nitrogens with one attached hydrogen (secondary N) is 1. The van der Waals surface area contributed by atoms with Crippen molar-refractivity contribution in [3.63, 3.8) is 0 Å². The number of hydrogen-bond acceptors (Lipinski definition) is 2. The van der Waals surface area contributed by atoms with Crippen LogP contribution in [-0.2, 0) is 0 Å². The van der Waals surface area contributed by atoms with Crippen molar-refractivity contribution in [3.05, 3.63) is 0 Å². The fourth-order valence-electron chi connectivity index (χ4n) is 2.55. The van der Waals surface area contributed by atoms with Gasteiger partial charge in [0, 0.05) is 25.8 Å². The van der Waals surface area contributed by atoms with Crippen molar-refractivity contribution in [2.75, 3.05) is 19.8 Å². The van der Waals surface area contributed by atoms with E-state index >= 15 is 0 Å². The molecule has 0 aromatic heterocycles. The van der Waals surface area contributed by atoms with Gasteiger partial charge in [-0.1, -0.05) is 13.8 Å². The molecule has 0 bridgehead atoms. The monoisotopic (exact) mass is 168 g/mol. The number of rotatable bonds is 1. The zero-order valence-corrected chi connectivity index (χ0v) is 8.27. The van der Waals surface area contributed by atoms with Crippen molar-refractivity contribution in [1.82, 2.24) is 10.2 Å². The van der Waals surface area contributed by atoms with Gasteiger partial charge in [0.2, 0.25) is 0 Å². The Balaban J connectivity index is 1.90. The maximum absolute atomic E-state index is 3.40. The lowest BCUT2D eigenvalue weighted by Gasteiger charge is -2.24. The summed E-state index contributed by atoms with van der Waals surface area (Å²) in [5.74, 6) is 0. The van der Waals surface area contributed by atoms with E-state index in [9.17, 15) is 0 Å². The van der Waals surface area contributed by atoms with E-state index in [1.807, 2.05) is 0 Å². The van der Waals surface area contributed by atoms with E-state index in [0.29, 0.717) is 5.41 Å². The molecule has 2 rings (SSSR count). The van der Waals surface area contributed by atoms with E-state index in [-0.39, 0.29) is 0 Å². The van der Waals surface area contributed by atoms with E-state index < -0.39 is 0 Å². The van der Waals surface area contributed by atoms with Gasteiger partial charge in [0.15, 0.2) is 0 Å². The standard InChI is InChI=1S/C10H20N2/c1-10(2)4-3-9(7-10)12-6-5-11-8-12/h9,11H,3-8H2,1-2H3. The zero-order valence-electron chi connectivity index (χ0n) is 8.27. The van der Waals surface area contributed by atoms with Crippen LogP contribution in [0.1, 0.15) is 33.1 Å². The van der Waals surface area contributed by atoms with Crippen LogP contribution in [0.5, 0.6) is 0 Å². The van der Waals surface area contributed by atoms with Crippen LogP contribution in [0.25, 0.3) is 0 Å². The number of nitrogens with zero attached hydrogens (tertiary/aromatic N) is 1. The Bertz CT molecular complexity index is 159. The summed E-state index contributed by atoms with van der Waals surface area (Å²) in [5, 5.41) is 3.40. The molecule has 1 saturated carbocycles. The van der Waals surface area contributed by atoms with Gasteiger partial charge in [0.05, 0.1) is 0 Å². The topological polar surface area (TPSA) is 15.3 Å². The van der Waals surface area contributed by atoms with Crippen LogP contribution in [0.3, 0.4) is 0 Å². The van der Waals surface area contributed by atoms with Crippen LogP contribution >= 0.6 is 0 Å². The van der Waals surface area contributed by atoms with Gasteiger partial charge in [-0.3, -0.25) is 4.90 Å². The van der Waals surface area contributed by atoms with Crippen molar-refractivity contribution in [3.8, 4) is 0 Å². The first-order valence-corrected chi connectivity index (χ1v) is 5.12. The Labute approximate surface area is 75.3 Å². The van der Waals surface area contributed by atoms with E-state index in [2.05, 4.69) is 24.1 Å². The first-order valence-electron chi connectivity index (χ1n) is 5.12. The molecule has 2 heteroatoms. The second-order valence-corrected chi connectivity index (χ2v) is 5.03. The van der Waals surface area contributed by atoms with E-state index in [1.54, 1.807) is 0 Å². The highest BCUT2D eigenvalue weighted by Crippen LogP contribution is 2.39. The molecule has 0 amide bonds. The minimum Gasteiger partial charge on any atom is -0.303 e. The Morgan fingerprint density at radius 2 is 2.25 bits per heavy atom. The second-order valence-electron chi connectivity index (χ2n) is 5.03. The fourth-order valence-corrected chi connectivity index (χ4v) is 2.55. The van der Waals surface area contributed by atoms with E-state index in [4.69, 9.17) is 0 Å². The van der Waals surface area contributed by atoms with Gasteiger partial charge >= 0.3 is 0 Å². The zero-order chi connectivity index (χ0) is 8.60. The Morgan fingerprint density at radius 3 is 2.75 bits per heavy atom. The molecular formula is C10H20N2. The maximum Gasteiger partial charge on any atom is 0.0484 e. The summed E-state index contributed by atoms with van der Waals surface area (Å²) in [4.78, 5) is 2.61. The van der Waals surface area contributed by atoms with Crippen LogP contribution in [0.2, 0.25) is 0 Å². The van der Waals surface area contributed by atoms with Gasteiger partial charge in [0.1, 0.15) is 0 Å². The average molecular weight is 168 g/mol. The smallest absolute Gasteiger partial charge is 0.0484 e. The maximum atomic E-state index is 3.40. The highest BCUT2D eigenvalue weighted by atomic mass is 15.3. The van der Waals surface area contributed by atoms with Gasteiger partial charge in [-0.15, -0.1) is 0 Å². The summed E-state index contributed by atoms with van der Waals surface area (Å²) in [6.07, 6.45) is 4.22. The van der Waals surface area contributed by atoms with Gasteiger partial charge in [-0.25, -0.2) is 0 Å². The van der Waals surface area contributed by atoms with E-state index in [0.717, 1.165) is 12.7 Å². The molecule has 0 spiro atoms.